The number of halogens is 3. The maximum absolute atomic E-state index is 11.4. The molecule has 0 heterocycles. The van der Waals surface area contributed by atoms with Crippen molar-refractivity contribution in [3.05, 3.63) is 0 Å². The van der Waals surface area contributed by atoms with Gasteiger partial charge >= 0.3 is 5.38 Å². The third-order valence-corrected chi connectivity index (χ3v) is 0.511. The van der Waals surface area contributed by atoms with Crippen LogP contribution >= 0.6 is 11.6 Å². The van der Waals surface area contributed by atoms with Crippen LogP contribution < -0.4 is 5.32 Å². The third kappa shape index (κ3) is 6.11. The van der Waals surface area contributed by atoms with Crippen LogP contribution in [0.3, 0.4) is 0 Å². The van der Waals surface area contributed by atoms with E-state index in [2.05, 4.69) is 16.9 Å². The zero-order valence-corrected chi connectivity index (χ0v) is 4.60. The third-order valence-electron chi connectivity index (χ3n) is 0.377. The number of hydrogen-bond acceptors (Lipinski definition) is 1. The van der Waals surface area contributed by atoms with Crippen LogP contribution in [0, 0.1) is 0 Å². The second kappa shape index (κ2) is 2.43. The van der Waals surface area contributed by atoms with E-state index in [1.165, 1.54) is 7.05 Å². The quantitative estimate of drug-likeness (QED) is 0.550. The van der Waals surface area contributed by atoms with E-state index in [9.17, 15) is 8.78 Å². The molecule has 0 aromatic heterocycles. The molecular weight excluding hydrogens is 123 g/mol. The van der Waals surface area contributed by atoms with Gasteiger partial charge in [-0.05, 0) is 18.6 Å². The molecule has 7 heavy (non-hydrogen) atoms. The normalized spacial score (nSPS) is 12.0. The van der Waals surface area contributed by atoms with Gasteiger partial charge in [0.15, 0.2) is 0 Å². The number of hydrogen-bond donors (Lipinski definition) is 1. The summed E-state index contributed by atoms with van der Waals surface area (Å²) >= 11 is 4.44. The second-order valence-electron chi connectivity index (χ2n) is 1.15. The molecule has 0 bridgehead atoms. The molecule has 44 valence electrons. The summed E-state index contributed by atoms with van der Waals surface area (Å²) in [6.07, 6.45) is 0. The average molecular weight is 130 g/mol. The lowest BCUT2D eigenvalue weighted by atomic mass is 10.7. The molecule has 0 spiro atoms. The maximum Gasteiger partial charge on any atom is 0.333 e. The summed E-state index contributed by atoms with van der Waals surface area (Å²) in [6.45, 7) is -0.478. The van der Waals surface area contributed by atoms with Crippen LogP contribution in [-0.4, -0.2) is 19.0 Å². The summed E-state index contributed by atoms with van der Waals surface area (Å²) in [5.74, 6) is 0. The lowest BCUT2D eigenvalue weighted by Gasteiger charge is -2.03. The van der Waals surface area contributed by atoms with Crippen LogP contribution in [0.5, 0.6) is 0 Å². The summed E-state index contributed by atoms with van der Waals surface area (Å²) < 4.78 is 22.9. The van der Waals surface area contributed by atoms with E-state index >= 15 is 0 Å². The molecule has 0 amide bonds. The molecule has 1 nitrogen and oxygen atoms in total. The highest BCUT2D eigenvalue weighted by molar-refractivity contribution is 6.21. The Balaban J connectivity index is 3.15. The van der Waals surface area contributed by atoms with Crippen molar-refractivity contribution in [1.82, 2.24) is 5.32 Å². The van der Waals surface area contributed by atoms with E-state index in [0.29, 0.717) is 0 Å². The van der Waals surface area contributed by atoms with Gasteiger partial charge in [0.25, 0.3) is 0 Å². The Morgan fingerprint density at radius 3 is 2.14 bits per heavy atom. The van der Waals surface area contributed by atoms with Crippen molar-refractivity contribution in [3.8, 4) is 0 Å². The highest BCUT2D eigenvalue weighted by atomic mass is 35.5. The Morgan fingerprint density at radius 1 is 1.71 bits per heavy atom. The fourth-order valence-corrected chi connectivity index (χ4v) is 0.334. The number of nitrogens with one attached hydrogen (secondary N) is 1. The van der Waals surface area contributed by atoms with Gasteiger partial charge in [-0.1, -0.05) is 0 Å². The number of alkyl halides is 3. The van der Waals surface area contributed by atoms with Crippen LogP contribution in [0.25, 0.3) is 0 Å². The van der Waals surface area contributed by atoms with E-state index < -0.39 is 11.9 Å². The standard InChI is InChI=1S/C3H6ClF2N/c1-7-2-3(4,5)6/h7H,2H2,1H3. The Labute approximate surface area is 45.7 Å². The maximum atomic E-state index is 11.4. The summed E-state index contributed by atoms with van der Waals surface area (Å²) in [5, 5.41) is -0.863. The highest BCUT2D eigenvalue weighted by Crippen LogP contribution is 2.15. The summed E-state index contributed by atoms with van der Waals surface area (Å²) in [5.41, 5.74) is 0. The van der Waals surface area contributed by atoms with Crippen LogP contribution in [0.2, 0.25) is 0 Å². The first-order valence-corrected chi connectivity index (χ1v) is 2.15. The van der Waals surface area contributed by atoms with Gasteiger partial charge in [0.2, 0.25) is 0 Å². The van der Waals surface area contributed by atoms with Crippen molar-refractivity contribution in [1.29, 1.82) is 0 Å². The SMILES string of the molecule is CNCC(F)(F)Cl. The minimum atomic E-state index is -3.09. The smallest absolute Gasteiger partial charge is 0.313 e. The molecule has 0 fully saturated rings. The molecule has 0 aliphatic rings. The molecule has 0 aromatic rings. The van der Waals surface area contributed by atoms with E-state index in [1.54, 1.807) is 0 Å². The minimum Gasteiger partial charge on any atom is -0.313 e. The second-order valence-corrected chi connectivity index (χ2v) is 1.70. The van der Waals surface area contributed by atoms with Crippen LogP contribution in [-0.2, 0) is 0 Å². The van der Waals surface area contributed by atoms with Gasteiger partial charge in [-0.3, -0.25) is 0 Å². The lowest BCUT2D eigenvalue weighted by Crippen LogP contribution is -2.24. The molecule has 0 aliphatic carbocycles. The topological polar surface area (TPSA) is 12.0 Å². The Kier molecular flexibility index (Phi) is 2.46. The molecule has 0 radical (unpaired) electrons. The van der Waals surface area contributed by atoms with Gasteiger partial charge < -0.3 is 5.32 Å². The monoisotopic (exact) mass is 129 g/mol. The van der Waals surface area contributed by atoms with Gasteiger partial charge in [0.1, 0.15) is 0 Å². The van der Waals surface area contributed by atoms with E-state index in [0.717, 1.165) is 0 Å². The zero-order valence-electron chi connectivity index (χ0n) is 3.84. The number of rotatable bonds is 2. The van der Waals surface area contributed by atoms with Crippen molar-refractivity contribution < 1.29 is 8.78 Å². The molecule has 0 unspecified atom stereocenters. The predicted octanol–water partition coefficient (Wildman–Crippen LogP) is 1.04. The van der Waals surface area contributed by atoms with E-state index in [4.69, 9.17) is 0 Å². The summed E-state index contributed by atoms with van der Waals surface area (Å²) in [6, 6.07) is 0. The summed E-state index contributed by atoms with van der Waals surface area (Å²) in [7, 11) is 1.41. The molecule has 4 heteroatoms. The van der Waals surface area contributed by atoms with Crippen LogP contribution in [0.1, 0.15) is 0 Å². The molecule has 0 aliphatic heterocycles. The Hall–Kier alpha value is 0.110. The Bertz CT molecular complexity index is 51.4. The predicted molar refractivity (Wildman–Crippen MR) is 24.7 cm³/mol. The highest BCUT2D eigenvalue weighted by Gasteiger charge is 2.22. The van der Waals surface area contributed by atoms with Crippen molar-refractivity contribution in [2.45, 2.75) is 5.38 Å². The first kappa shape index (κ1) is 7.11. The van der Waals surface area contributed by atoms with Gasteiger partial charge in [0, 0.05) is 0 Å². The Morgan fingerprint density at radius 2 is 2.14 bits per heavy atom. The van der Waals surface area contributed by atoms with Crippen molar-refractivity contribution in [2.24, 2.45) is 0 Å². The van der Waals surface area contributed by atoms with Gasteiger partial charge in [0.05, 0.1) is 6.54 Å². The largest absolute Gasteiger partial charge is 0.333 e. The molecular formula is C3H6ClF2N. The van der Waals surface area contributed by atoms with Crippen molar-refractivity contribution in [3.63, 3.8) is 0 Å². The molecule has 0 saturated heterocycles. The molecule has 0 saturated carbocycles. The van der Waals surface area contributed by atoms with Crippen molar-refractivity contribution in [2.75, 3.05) is 13.6 Å². The van der Waals surface area contributed by atoms with Gasteiger partial charge in [-0.2, -0.15) is 8.78 Å². The van der Waals surface area contributed by atoms with E-state index in [-0.39, 0.29) is 0 Å². The molecule has 1 N–H and O–H groups in total. The molecule has 0 rings (SSSR count). The van der Waals surface area contributed by atoms with Gasteiger partial charge in [-0.25, -0.2) is 0 Å². The first-order chi connectivity index (χ1) is 3.06. The zero-order chi connectivity index (χ0) is 5.91. The summed E-state index contributed by atoms with van der Waals surface area (Å²) in [4.78, 5) is 0. The first-order valence-electron chi connectivity index (χ1n) is 1.77. The molecule has 0 aromatic carbocycles. The fourth-order valence-electron chi connectivity index (χ4n) is 0.200. The van der Waals surface area contributed by atoms with Crippen LogP contribution in [0.4, 0.5) is 8.78 Å². The average Bonchev–Trinajstić information content (AvgIpc) is 1.30. The lowest BCUT2D eigenvalue weighted by molar-refractivity contribution is 0.0978. The molecule has 0 atom stereocenters. The minimum absolute atomic E-state index is 0.478. The van der Waals surface area contributed by atoms with Crippen molar-refractivity contribution >= 4 is 11.6 Å². The van der Waals surface area contributed by atoms with Gasteiger partial charge in [-0.15, -0.1) is 0 Å². The fraction of sp³-hybridized carbons (Fsp3) is 1.00. The van der Waals surface area contributed by atoms with E-state index in [1.807, 2.05) is 0 Å². The van der Waals surface area contributed by atoms with Crippen LogP contribution in [0.15, 0.2) is 0 Å².